The van der Waals surface area contributed by atoms with Crippen LogP contribution in [0.25, 0.3) is 0 Å². The molecule has 126 valence electrons. The van der Waals surface area contributed by atoms with E-state index in [0.717, 1.165) is 0 Å². The van der Waals surface area contributed by atoms with E-state index in [9.17, 15) is 9.90 Å². The molecule has 5 heteroatoms. The molecular formula is C20H17NO4. The van der Waals surface area contributed by atoms with E-state index in [2.05, 4.69) is 5.32 Å². The molecule has 3 aromatic carbocycles. The Morgan fingerprint density at radius 3 is 2.36 bits per heavy atom. The van der Waals surface area contributed by atoms with E-state index >= 15 is 0 Å². The predicted molar refractivity (Wildman–Crippen MR) is 95.6 cm³/mol. The second-order valence-corrected chi connectivity index (χ2v) is 5.28. The number of amides is 1. The molecule has 0 saturated heterocycles. The second-order valence-electron chi connectivity index (χ2n) is 5.28. The Hall–Kier alpha value is -3.47. The molecule has 0 aliphatic heterocycles. The molecule has 3 aromatic rings. The third-order valence-corrected chi connectivity index (χ3v) is 3.53. The molecule has 0 unspecified atom stereocenters. The lowest BCUT2D eigenvalue weighted by atomic mass is 10.2. The SMILES string of the molecule is COc1ccc(NC(=O)c2cccc(Oc3ccccc3)c2)c(O)c1. The van der Waals surface area contributed by atoms with Crippen molar-refractivity contribution in [3.63, 3.8) is 0 Å². The van der Waals surface area contributed by atoms with Crippen LogP contribution in [-0.2, 0) is 0 Å². The summed E-state index contributed by atoms with van der Waals surface area (Å²) in [6.45, 7) is 0. The first-order valence-corrected chi connectivity index (χ1v) is 7.67. The van der Waals surface area contributed by atoms with Crippen LogP contribution >= 0.6 is 0 Å². The Morgan fingerprint density at radius 1 is 0.880 bits per heavy atom. The maximum absolute atomic E-state index is 12.4. The van der Waals surface area contributed by atoms with Crippen LogP contribution in [0.3, 0.4) is 0 Å². The number of rotatable bonds is 5. The van der Waals surface area contributed by atoms with Crippen LogP contribution in [0.15, 0.2) is 72.8 Å². The van der Waals surface area contributed by atoms with Gasteiger partial charge in [0.25, 0.3) is 5.91 Å². The first kappa shape index (κ1) is 16.4. The van der Waals surface area contributed by atoms with Crippen molar-refractivity contribution in [2.45, 2.75) is 0 Å². The number of ether oxygens (including phenoxy) is 2. The lowest BCUT2D eigenvalue weighted by Gasteiger charge is -2.10. The fraction of sp³-hybridized carbons (Fsp3) is 0.0500. The lowest BCUT2D eigenvalue weighted by molar-refractivity contribution is 0.102. The van der Waals surface area contributed by atoms with E-state index < -0.39 is 0 Å². The van der Waals surface area contributed by atoms with Gasteiger partial charge in [-0.3, -0.25) is 4.79 Å². The first-order chi connectivity index (χ1) is 12.2. The Labute approximate surface area is 145 Å². The molecule has 1 amide bonds. The average molecular weight is 335 g/mol. The number of methoxy groups -OCH3 is 1. The molecule has 0 aliphatic carbocycles. The Kier molecular flexibility index (Phi) is 4.85. The third kappa shape index (κ3) is 4.09. The van der Waals surface area contributed by atoms with Gasteiger partial charge >= 0.3 is 0 Å². The molecule has 25 heavy (non-hydrogen) atoms. The minimum Gasteiger partial charge on any atom is -0.506 e. The number of anilines is 1. The summed E-state index contributed by atoms with van der Waals surface area (Å²) < 4.78 is 10.8. The Morgan fingerprint density at radius 2 is 1.64 bits per heavy atom. The van der Waals surface area contributed by atoms with E-state index in [0.29, 0.717) is 28.5 Å². The molecule has 5 nitrogen and oxygen atoms in total. The molecule has 0 bridgehead atoms. The van der Waals surface area contributed by atoms with Gasteiger partial charge in [0.15, 0.2) is 0 Å². The minimum absolute atomic E-state index is 0.0654. The number of carbonyl (C=O) groups is 1. The van der Waals surface area contributed by atoms with Crippen LogP contribution in [0.5, 0.6) is 23.0 Å². The van der Waals surface area contributed by atoms with Gasteiger partial charge in [-0.1, -0.05) is 24.3 Å². The highest BCUT2D eigenvalue weighted by atomic mass is 16.5. The van der Waals surface area contributed by atoms with E-state index in [1.54, 1.807) is 36.4 Å². The van der Waals surface area contributed by atoms with Crippen molar-refractivity contribution in [3.8, 4) is 23.0 Å². The number of aromatic hydroxyl groups is 1. The third-order valence-electron chi connectivity index (χ3n) is 3.53. The first-order valence-electron chi connectivity index (χ1n) is 7.67. The number of benzene rings is 3. The highest BCUT2D eigenvalue weighted by molar-refractivity contribution is 6.05. The maximum Gasteiger partial charge on any atom is 0.255 e. The van der Waals surface area contributed by atoms with Gasteiger partial charge in [-0.2, -0.15) is 0 Å². The number of nitrogens with one attached hydrogen (secondary N) is 1. The molecular weight excluding hydrogens is 318 g/mol. The molecule has 2 N–H and O–H groups in total. The van der Waals surface area contributed by atoms with E-state index in [-0.39, 0.29) is 11.7 Å². The van der Waals surface area contributed by atoms with Crippen LogP contribution < -0.4 is 14.8 Å². The average Bonchev–Trinajstić information content (AvgIpc) is 2.64. The van der Waals surface area contributed by atoms with Crippen LogP contribution in [0.2, 0.25) is 0 Å². The van der Waals surface area contributed by atoms with Crippen LogP contribution in [-0.4, -0.2) is 18.1 Å². The van der Waals surface area contributed by atoms with Crippen molar-refractivity contribution >= 4 is 11.6 Å². The standard InChI is InChI=1S/C20H17NO4/c1-24-16-10-11-18(19(22)13-16)21-20(23)14-6-5-9-17(12-14)25-15-7-3-2-4-8-15/h2-13,22H,1H3,(H,21,23). The smallest absolute Gasteiger partial charge is 0.255 e. The molecule has 0 aromatic heterocycles. The summed E-state index contributed by atoms with van der Waals surface area (Å²) in [6.07, 6.45) is 0. The molecule has 0 fully saturated rings. The van der Waals surface area contributed by atoms with Gasteiger partial charge in [0.1, 0.15) is 23.0 Å². The Bertz CT molecular complexity index is 878. The summed E-state index contributed by atoms with van der Waals surface area (Å²) in [5.74, 6) is 1.34. The summed E-state index contributed by atoms with van der Waals surface area (Å²) in [5.41, 5.74) is 0.726. The number of hydrogen-bond donors (Lipinski definition) is 2. The fourth-order valence-corrected chi connectivity index (χ4v) is 2.26. The zero-order chi connectivity index (χ0) is 17.6. The molecule has 0 radical (unpaired) electrons. The summed E-state index contributed by atoms with van der Waals surface area (Å²) in [7, 11) is 1.51. The topological polar surface area (TPSA) is 67.8 Å². The number of carbonyl (C=O) groups excluding carboxylic acids is 1. The summed E-state index contributed by atoms with van der Waals surface area (Å²) in [5, 5.41) is 12.6. The molecule has 0 spiro atoms. The van der Waals surface area contributed by atoms with E-state index in [4.69, 9.17) is 9.47 Å². The zero-order valence-corrected chi connectivity index (χ0v) is 13.6. The van der Waals surface area contributed by atoms with Crippen LogP contribution in [0.1, 0.15) is 10.4 Å². The highest BCUT2D eigenvalue weighted by Crippen LogP contribution is 2.28. The van der Waals surface area contributed by atoms with Crippen molar-refractivity contribution in [1.29, 1.82) is 0 Å². The summed E-state index contributed by atoms with van der Waals surface area (Å²) >= 11 is 0. The van der Waals surface area contributed by atoms with Gasteiger partial charge in [0, 0.05) is 11.6 Å². The van der Waals surface area contributed by atoms with Crippen molar-refractivity contribution < 1.29 is 19.4 Å². The van der Waals surface area contributed by atoms with Crippen molar-refractivity contribution in [2.24, 2.45) is 0 Å². The van der Waals surface area contributed by atoms with Gasteiger partial charge in [0.2, 0.25) is 0 Å². The number of phenols is 1. The fourth-order valence-electron chi connectivity index (χ4n) is 2.26. The van der Waals surface area contributed by atoms with E-state index in [1.807, 2.05) is 30.3 Å². The van der Waals surface area contributed by atoms with Gasteiger partial charge in [0.05, 0.1) is 12.8 Å². The van der Waals surface area contributed by atoms with Gasteiger partial charge < -0.3 is 19.9 Å². The largest absolute Gasteiger partial charge is 0.506 e. The second kappa shape index (κ2) is 7.40. The quantitative estimate of drug-likeness (QED) is 0.676. The Balaban J connectivity index is 1.75. The molecule has 0 saturated carbocycles. The highest BCUT2D eigenvalue weighted by Gasteiger charge is 2.11. The maximum atomic E-state index is 12.4. The summed E-state index contributed by atoms with van der Waals surface area (Å²) in [4.78, 5) is 12.4. The predicted octanol–water partition coefficient (Wildman–Crippen LogP) is 4.45. The van der Waals surface area contributed by atoms with Gasteiger partial charge in [-0.25, -0.2) is 0 Å². The van der Waals surface area contributed by atoms with E-state index in [1.165, 1.54) is 13.2 Å². The monoisotopic (exact) mass is 335 g/mol. The molecule has 0 aliphatic rings. The van der Waals surface area contributed by atoms with Gasteiger partial charge in [-0.15, -0.1) is 0 Å². The van der Waals surface area contributed by atoms with Crippen molar-refractivity contribution in [3.05, 3.63) is 78.4 Å². The minimum atomic E-state index is -0.348. The molecule has 0 heterocycles. The molecule has 0 atom stereocenters. The number of phenolic OH excluding ortho intramolecular Hbond substituents is 1. The zero-order valence-electron chi connectivity index (χ0n) is 13.6. The van der Waals surface area contributed by atoms with Crippen LogP contribution in [0, 0.1) is 0 Å². The number of hydrogen-bond acceptors (Lipinski definition) is 4. The van der Waals surface area contributed by atoms with Crippen molar-refractivity contribution in [1.82, 2.24) is 0 Å². The summed E-state index contributed by atoms with van der Waals surface area (Å²) in [6, 6.07) is 20.8. The van der Waals surface area contributed by atoms with Crippen molar-refractivity contribution in [2.75, 3.05) is 12.4 Å². The number of para-hydroxylation sites is 1. The normalized spacial score (nSPS) is 10.1. The van der Waals surface area contributed by atoms with Crippen LogP contribution in [0.4, 0.5) is 5.69 Å². The van der Waals surface area contributed by atoms with Gasteiger partial charge in [-0.05, 0) is 42.5 Å². The lowest BCUT2D eigenvalue weighted by Crippen LogP contribution is -2.12. The molecule has 3 rings (SSSR count).